The zero-order valence-electron chi connectivity index (χ0n) is 14.9. The van der Waals surface area contributed by atoms with Crippen molar-refractivity contribution in [2.24, 2.45) is 0 Å². The van der Waals surface area contributed by atoms with Gasteiger partial charge in [0.1, 0.15) is 12.4 Å². The number of benzene rings is 2. The third-order valence-electron chi connectivity index (χ3n) is 4.38. The Morgan fingerprint density at radius 2 is 1.88 bits per heavy atom. The molecule has 0 aromatic heterocycles. The Bertz CT molecular complexity index is 685. The number of hydrogen-bond acceptors (Lipinski definition) is 3. The van der Waals surface area contributed by atoms with E-state index in [1.54, 1.807) is 0 Å². The Balaban J connectivity index is 1.46. The van der Waals surface area contributed by atoms with E-state index in [0.717, 1.165) is 25.9 Å². The lowest BCUT2D eigenvalue weighted by Crippen LogP contribution is -2.31. The van der Waals surface area contributed by atoms with Crippen molar-refractivity contribution >= 4 is 11.7 Å². The molecular formula is C21H26N2O3. The molecule has 5 heteroatoms. The molecule has 2 aromatic rings. The Kier molecular flexibility index (Phi) is 6.90. The van der Waals surface area contributed by atoms with Crippen molar-refractivity contribution in [1.29, 1.82) is 0 Å². The van der Waals surface area contributed by atoms with Gasteiger partial charge in [-0.1, -0.05) is 42.5 Å². The van der Waals surface area contributed by atoms with Gasteiger partial charge >= 0.3 is 6.03 Å². The van der Waals surface area contributed by atoms with Crippen LogP contribution in [0.4, 0.5) is 10.5 Å². The van der Waals surface area contributed by atoms with Crippen molar-refractivity contribution in [2.45, 2.75) is 31.8 Å². The van der Waals surface area contributed by atoms with Crippen molar-refractivity contribution < 1.29 is 14.3 Å². The second kappa shape index (κ2) is 9.82. The summed E-state index contributed by atoms with van der Waals surface area (Å²) < 4.78 is 11.6. The number of anilines is 1. The number of urea groups is 1. The lowest BCUT2D eigenvalue weighted by molar-refractivity contribution is -0.0109. The lowest BCUT2D eigenvalue weighted by Gasteiger charge is -2.23. The molecule has 1 fully saturated rings. The summed E-state index contributed by atoms with van der Waals surface area (Å²) in [6.45, 7) is 1.89. The van der Waals surface area contributed by atoms with Crippen molar-refractivity contribution in [1.82, 2.24) is 5.32 Å². The molecule has 1 saturated heterocycles. The van der Waals surface area contributed by atoms with Crippen LogP contribution in [0.25, 0.3) is 0 Å². The summed E-state index contributed by atoms with van der Waals surface area (Å²) in [6.07, 6.45) is 4.26. The lowest BCUT2D eigenvalue weighted by atomic mass is 10.1. The average molecular weight is 354 g/mol. The molecule has 0 aliphatic carbocycles. The maximum atomic E-state index is 12.2. The smallest absolute Gasteiger partial charge is 0.319 e. The van der Waals surface area contributed by atoms with Crippen LogP contribution in [-0.4, -0.2) is 31.9 Å². The number of rotatable bonds is 7. The van der Waals surface area contributed by atoms with E-state index in [2.05, 4.69) is 22.8 Å². The van der Waals surface area contributed by atoms with Crippen LogP contribution in [0.15, 0.2) is 54.6 Å². The molecule has 0 bridgehead atoms. The molecule has 138 valence electrons. The highest BCUT2D eigenvalue weighted by Crippen LogP contribution is 2.24. The fourth-order valence-electron chi connectivity index (χ4n) is 2.95. The van der Waals surface area contributed by atoms with Gasteiger partial charge in [0.05, 0.1) is 11.8 Å². The molecule has 0 spiro atoms. The van der Waals surface area contributed by atoms with E-state index in [1.165, 1.54) is 12.0 Å². The summed E-state index contributed by atoms with van der Waals surface area (Å²) >= 11 is 0. The summed E-state index contributed by atoms with van der Waals surface area (Å²) in [5, 5.41) is 5.75. The second-order valence-corrected chi connectivity index (χ2v) is 6.41. The first-order valence-electron chi connectivity index (χ1n) is 9.23. The third-order valence-corrected chi connectivity index (χ3v) is 4.38. The van der Waals surface area contributed by atoms with Crippen LogP contribution in [0.5, 0.6) is 5.75 Å². The fraction of sp³-hybridized carbons (Fsp3) is 0.381. The van der Waals surface area contributed by atoms with E-state index in [4.69, 9.17) is 9.47 Å². The van der Waals surface area contributed by atoms with Gasteiger partial charge in [-0.05, 0) is 43.4 Å². The Morgan fingerprint density at radius 3 is 2.69 bits per heavy atom. The van der Waals surface area contributed by atoms with Gasteiger partial charge in [-0.15, -0.1) is 0 Å². The van der Waals surface area contributed by atoms with Crippen LogP contribution in [-0.2, 0) is 11.2 Å². The number of carbonyl (C=O) groups excluding carboxylic acids is 1. The first kappa shape index (κ1) is 18.3. The summed E-state index contributed by atoms with van der Waals surface area (Å²) in [5.41, 5.74) is 1.87. The predicted molar refractivity (Wildman–Crippen MR) is 103 cm³/mol. The van der Waals surface area contributed by atoms with E-state index in [-0.39, 0.29) is 12.1 Å². The number of nitrogens with one attached hydrogen (secondary N) is 2. The van der Waals surface area contributed by atoms with Gasteiger partial charge in [0.25, 0.3) is 0 Å². The molecule has 5 nitrogen and oxygen atoms in total. The molecule has 3 rings (SSSR count). The minimum absolute atomic E-state index is 0.136. The van der Waals surface area contributed by atoms with Crippen molar-refractivity contribution in [3.63, 3.8) is 0 Å². The summed E-state index contributed by atoms with van der Waals surface area (Å²) in [7, 11) is 0. The van der Waals surface area contributed by atoms with Crippen LogP contribution in [0, 0.1) is 0 Å². The molecule has 1 unspecified atom stereocenters. The molecule has 1 aliphatic heterocycles. The minimum atomic E-state index is -0.231. The first-order valence-corrected chi connectivity index (χ1v) is 9.23. The molecule has 0 radical (unpaired) electrons. The van der Waals surface area contributed by atoms with Crippen molar-refractivity contribution in [3.05, 3.63) is 60.2 Å². The highest BCUT2D eigenvalue weighted by Gasteiger charge is 2.15. The van der Waals surface area contributed by atoms with Crippen molar-refractivity contribution in [2.75, 3.05) is 25.1 Å². The monoisotopic (exact) mass is 354 g/mol. The molecule has 2 aromatic carbocycles. The maximum Gasteiger partial charge on any atom is 0.319 e. The van der Waals surface area contributed by atoms with Gasteiger partial charge in [-0.2, -0.15) is 0 Å². The third kappa shape index (κ3) is 5.77. The quantitative estimate of drug-likeness (QED) is 0.790. The largest absolute Gasteiger partial charge is 0.489 e. The van der Waals surface area contributed by atoms with E-state index in [1.807, 2.05) is 42.5 Å². The Morgan fingerprint density at radius 1 is 1.08 bits per heavy atom. The van der Waals surface area contributed by atoms with Crippen LogP contribution in [0.3, 0.4) is 0 Å². The Hall–Kier alpha value is -2.53. The summed E-state index contributed by atoms with van der Waals surface area (Å²) in [6, 6.07) is 17.3. The minimum Gasteiger partial charge on any atom is -0.489 e. The zero-order chi connectivity index (χ0) is 18.0. The topological polar surface area (TPSA) is 59.6 Å². The zero-order valence-corrected chi connectivity index (χ0v) is 14.9. The summed E-state index contributed by atoms with van der Waals surface area (Å²) in [5.74, 6) is 0.667. The SMILES string of the molecule is O=C(NCCc1ccccc1)Nc1ccccc1OCC1CCCCO1. The molecule has 1 aliphatic rings. The highest BCUT2D eigenvalue weighted by molar-refractivity contribution is 5.90. The number of hydrogen-bond donors (Lipinski definition) is 2. The molecule has 1 heterocycles. The van der Waals surface area contributed by atoms with Gasteiger partial charge in [0.15, 0.2) is 0 Å². The molecule has 2 N–H and O–H groups in total. The van der Waals surface area contributed by atoms with E-state index in [9.17, 15) is 4.79 Å². The van der Waals surface area contributed by atoms with Crippen molar-refractivity contribution in [3.8, 4) is 5.75 Å². The highest BCUT2D eigenvalue weighted by atomic mass is 16.5. The van der Waals surface area contributed by atoms with Crippen LogP contribution in [0.2, 0.25) is 0 Å². The molecule has 1 atom stereocenters. The standard InChI is InChI=1S/C21H26N2O3/c24-21(22-14-13-17-8-2-1-3-9-17)23-19-11-4-5-12-20(19)26-16-18-10-6-7-15-25-18/h1-5,8-9,11-12,18H,6-7,10,13-16H2,(H2,22,23,24). The molecular weight excluding hydrogens is 328 g/mol. The first-order chi connectivity index (χ1) is 12.8. The number of amides is 2. The van der Waals surface area contributed by atoms with Gasteiger partial charge in [0, 0.05) is 13.2 Å². The Labute approximate surface area is 154 Å². The van der Waals surface area contributed by atoms with E-state index < -0.39 is 0 Å². The van der Waals surface area contributed by atoms with E-state index in [0.29, 0.717) is 24.6 Å². The second-order valence-electron chi connectivity index (χ2n) is 6.41. The number of carbonyl (C=O) groups is 1. The summed E-state index contributed by atoms with van der Waals surface area (Å²) in [4.78, 5) is 12.2. The van der Waals surface area contributed by atoms with E-state index >= 15 is 0 Å². The predicted octanol–water partition coefficient (Wildman–Crippen LogP) is 4.00. The van der Waals surface area contributed by atoms with Gasteiger partial charge in [0.2, 0.25) is 0 Å². The fourth-order valence-corrected chi connectivity index (χ4v) is 2.95. The van der Waals surface area contributed by atoms with Gasteiger partial charge in [-0.3, -0.25) is 0 Å². The molecule has 2 amide bonds. The van der Waals surface area contributed by atoms with Crippen LogP contribution < -0.4 is 15.4 Å². The normalized spacial score (nSPS) is 16.7. The van der Waals surface area contributed by atoms with Crippen LogP contribution >= 0.6 is 0 Å². The molecule has 26 heavy (non-hydrogen) atoms. The maximum absolute atomic E-state index is 12.2. The molecule has 0 saturated carbocycles. The van der Waals surface area contributed by atoms with Gasteiger partial charge < -0.3 is 20.1 Å². The van der Waals surface area contributed by atoms with Gasteiger partial charge in [-0.25, -0.2) is 4.79 Å². The number of para-hydroxylation sites is 2. The average Bonchev–Trinajstić information content (AvgIpc) is 2.69. The van der Waals surface area contributed by atoms with Crippen LogP contribution in [0.1, 0.15) is 24.8 Å². The number of ether oxygens (including phenoxy) is 2.